The van der Waals surface area contributed by atoms with Gasteiger partial charge in [-0.3, -0.25) is 0 Å². The second kappa shape index (κ2) is 6.53. The summed E-state index contributed by atoms with van der Waals surface area (Å²) in [6.07, 6.45) is 0.278. The summed E-state index contributed by atoms with van der Waals surface area (Å²) < 4.78 is 27.7. The van der Waals surface area contributed by atoms with Crippen molar-refractivity contribution in [2.45, 2.75) is 12.5 Å². The highest BCUT2D eigenvalue weighted by molar-refractivity contribution is 6.31. The Kier molecular flexibility index (Phi) is 4.97. The molecule has 0 heterocycles. The topological polar surface area (TPSA) is 12.0 Å². The van der Waals surface area contributed by atoms with E-state index >= 15 is 0 Å². The van der Waals surface area contributed by atoms with Crippen LogP contribution in [-0.4, -0.2) is 7.05 Å². The molecule has 1 unspecified atom stereocenters. The molecule has 0 amide bonds. The van der Waals surface area contributed by atoms with Crippen LogP contribution in [0.25, 0.3) is 0 Å². The van der Waals surface area contributed by atoms with Crippen LogP contribution < -0.4 is 5.32 Å². The van der Waals surface area contributed by atoms with E-state index in [1.54, 1.807) is 25.2 Å². The van der Waals surface area contributed by atoms with Gasteiger partial charge >= 0.3 is 0 Å². The number of likely N-dealkylation sites (N-methyl/N-ethyl adjacent to an activating group) is 1. The Morgan fingerprint density at radius 2 is 1.85 bits per heavy atom. The van der Waals surface area contributed by atoms with Crippen molar-refractivity contribution in [3.05, 3.63) is 69.2 Å². The molecule has 5 heteroatoms. The minimum Gasteiger partial charge on any atom is -0.313 e. The molecule has 0 spiro atoms. The fourth-order valence-corrected chi connectivity index (χ4v) is 2.55. The van der Waals surface area contributed by atoms with E-state index < -0.39 is 17.7 Å². The molecule has 2 aromatic rings. The Hall–Kier alpha value is -1.16. The average molecular weight is 316 g/mol. The lowest BCUT2D eigenvalue weighted by atomic mass is 9.98. The Morgan fingerprint density at radius 3 is 2.45 bits per heavy atom. The smallest absolute Gasteiger partial charge is 0.129 e. The van der Waals surface area contributed by atoms with Crippen molar-refractivity contribution >= 4 is 23.2 Å². The third kappa shape index (κ3) is 3.29. The average Bonchev–Trinajstić information content (AvgIpc) is 2.39. The van der Waals surface area contributed by atoms with Crippen LogP contribution >= 0.6 is 23.2 Å². The molecule has 1 nitrogen and oxygen atoms in total. The molecule has 0 radical (unpaired) electrons. The van der Waals surface area contributed by atoms with Crippen molar-refractivity contribution in [1.82, 2.24) is 5.32 Å². The Bertz CT molecular complexity index is 597. The number of halogens is 4. The highest BCUT2D eigenvalue weighted by Crippen LogP contribution is 2.29. The predicted octanol–water partition coefficient (Wildman–Crippen LogP) is 4.77. The van der Waals surface area contributed by atoms with Gasteiger partial charge in [-0.15, -0.1) is 0 Å². The first-order chi connectivity index (χ1) is 9.52. The second-order valence-corrected chi connectivity index (χ2v) is 5.26. The molecule has 0 aliphatic rings. The fourth-order valence-electron chi connectivity index (χ4n) is 2.10. The Labute approximate surface area is 126 Å². The van der Waals surface area contributed by atoms with Gasteiger partial charge in [0.1, 0.15) is 11.6 Å². The molecule has 1 atom stereocenters. The molecule has 0 aliphatic heterocycles. The van der Waals surface area contributed by atoms with Crippen LogP contribution in [0.5, 0.6) is 0 Å². The summed E-state index contributed by atoms with van der Waals surface area (Å²) in [6, 6.07) is 8.52. The maximum Gasteiger partial charge on any atom is 0.129 e. The molecule has 2 rings (SSSR count). The van der Waals surface area contributed by atoms with Gasteiger partial charge in [0, 0.05) is 21.7 Å². The Morgan fingerprint density at radius 1 is 1.10 bits per heavy atom. The highest BCUT2D eigenvalue weighted by atomic mass is 35.5. The van der Waals surface area contributed by atoms with Gasteiger partial charge in [-0.25, -0.2) is 8.78 Å². The monoisotopic (exact) mass is 315 g/mol. The summed E-state index contributed by atoms with van der Waals surface area (Å²) in [5.74, 6) is -0.823. The summed E-state index contributed by atoms with van der Waals surface area (Å²) in [5, 5.41) is 3.61. The summed E-state index contributed by atoms with van der Waals surface area (Å²) >= 11 is 11.8. The lowest BCUT2D eigenvalue weighted by Crippen LogP contribution is -2.21. The molecule has 20 heavy (non-hydrogen) atoms. The van der Waals surface area contributed by atoms with Gasteiger partial charge < -0.3 is 5.32 Å². The van der Waals surface area contributed by atoms with Gasteiger partial charge in [0.15, 0.2) is 0 Å². The van der Waals surface area contributed by atoms with Gasteiger partial charge in [-0.2, -0.15) is 0 Å². The first kappa shape index (κ1) is 15.2. The summed E-state index contributed by atoms with van der Waals surface area (Å²) in [6.45, 7) is 0. The molecule has 0 saturated carbocycles. The van der Waals surface area contributed by atoms with Crippen molar-refractivity contribution in [3.63, 3.8) is 0 Å². The summed E-state index contributed by atoms with van der Waals surface area (Å²) in [4.78, 5) is 0. The lowest BCUT2D eigenvalue weighted by molar-refractivity contribution is 0.520. The van der Waals surface area contributed by atoms with Crippen LogP contribution in [0.3, 0.4) is 0 Å². The van der Waals surface area contributed by atoms with Gasteiger partial charge in [-0.05, 0) is 43.3 Å². The van der Waals surface area contributed by atoms with Crippen LogP contribution in [0.1, 0.15) is 17.2 Å². The third-order valence-electron chi connectivity index (χ3n) is 3.14. The highest BCUT2D eigenvalue weighted by Gasteiger charge is 2.19. The zero-order valence-corrected chi connectivity index (χ0v) is 12.3. The largest absolute Gasteiger partial charge is 0.313 e. The zero-order valence-electron chi connectivity index (χ0n) is 10.8. The molecule has 106 valence electrons. The number of rotatable bonds is 4. The van der Waals surface area contributed by atoms with Crippen LogP contribution in [-0.2, 0) is 6.42 Å². The van der Waals surface area contributed by atoms with Crippen LogP contribution in [0.4, 0.5) is 8.78 Å². The van der Waals surface area contributed by atoms with E-state index in [2.05, 4.69) is 5.32 Å². The van der Waals surface area contributed by atoms with Crippen molar-refractivity contribution in [2.24, 2.45) is 0 Å². The van der Waals surface area contributed by atoms with Crippen LogP contribution in [0.15, 0.2) is 36.4 Å². The molecule has 0 aromatic heterocycles. The van der Waals surface area contributed by atoms with E-state index in [1.807, 2.05) is 0 Å². The van der Waals surface area contributed by atoms with E-state index in [-0.39, 0.29) is 6.42 Å². The normalized spacial score (nSPS) is 12.4. The quantitative estimate of drug-likeness (QED) is 0.856. The fraction of sp³-hybridized carbons (Fsp3) is 0.200. The minimum atomic E-state index is -0.417. The van der Waals surface area contributed by atoms with Crippen molar-refractivity contribution in [3.8, 4) is 0 Å². The number of benzene rings is 2. The first-order valence-electron chi connectivity index (χ1n) is 6.08. The summed E-state index contributed by atoms with van der Waals surface area (Å²) in [5.41, 5.74) is 0.791. The maximum atomic E-state index is 13.9. The standard InChI is InChI=1S/C15H13Cl2F2N/c1-20-14(15-11(17)3-2-4-12(15)18)7-9-5-6-10(16)8-13(9)19/h2-6,8,14,20H,7H2,1H3. The van der Waals surface area contributed by atoms with E-state index in [9.17, 15) is 8.78 Å². The van der Waals surface area contributed by atoms with Crippen molar-refractivity contribution < 1.29 is 8.78 Å². The van der Waals surface area contributed by atoms with Gasteiger partial charge in [0.05, 0.1) is 0 Å². The number of hydrogen-bond donors (Lipinski definition) is 1. The second-order valence-electron chi connectivity index (χ2n) is 4.42. The molecule has 0 saturated heterocycles. The predicted molar refractivity (Wildman–Crippen MR) is 78.3 cm³/mol. The van der Waals surface area contributed by atoms with Crippen molar-refractivity contribution in [2.75, 3.05) is 7.05 Å². The van der Waals surface area contributed by atoms with Gasteiger partial charge in [-0.1, -0.05) is 35.3 Å². The molecule has 0 fully saturated rings. The zero-order chi connectivity index (χ0) is 14.7. The van der Waals surface area contributed by atoms with E-state index in [4.69, 9.17) is 23.2 Å². The van der Waals surface area contributed by atoms with Crippen molar-refractivity contribution in [1.29, 1.82) is 0 Å². The minimum absolute atomic E-state index is 0.278. The van der Waals surface area contributed by atoms with E-state index in [0.717, 1.165) is 0 Å². The van der Waals surface area contributed by atoms with Gasteiger partial charge in [0.25, 0.3) is 0 Å². The SMILES string of the molecule is CNC(Cc1ccc(Cl)cc1F)c1c(F)cccc1Cl. The third-order valence-corrected chi connectivity index (χ3v) is 3.70. The maximum absolute atomic E-state index is 13.9. The lowest BCUT2D eigenvalue weighted by Gasteiger charge is -2.19. The Balaban J connectivity index is 2.34. The molecule has 1 N–H and O–H groups in total. The van der Waals surface area contributed by atoms with Crippen LogP contribution in [0, 0.1) is 11.6 Å². The summed E-state index contributed by atoms with van der Waals surface area (Å²) in [7, 11) is 1.68. The van der Waals surface area contributed by atoms with E-state index in [1.165, 1.54) is 18.2 Å². The molecular weight excluding hydrogens is 303 g/mol. The molecule has 2 aromatic carbocycles. The molecule has 0 aliphatic carbocycles. The van der Waals surface area contributed by atoms with Crippen LogP contribution in [0.2, 0.25) is 10.0 Å². The van der Waals surface area contributed by atoms with E-state index in [0.29, 0.717) is 21.2 Å². The number of hydrogen-bond acceptors (Lipinski definition) is 1. The number of nitrogens with one attached hydrogen (secondary N) is 1. The molecule has 0 bridgehead atoms. The molecular formula is C15H13Cl2F2N. The first-order valence-corrected chi connectivity index (χ1v) is 6.83. The van der Waals surface area contributed by atoms with Gasteiger partial charge in [0.2, 0.25) is 0 Å².